The maximum Gasteiger partial charge on any atom is 0.106 e. The predicted octanol–water partition coefficient (Wildman–Crippen LogP) is 5.10. The smallest absolute Gasteiger partial charge is 0.106 e. The minimum atomic E-state index is 0.883. The number of fused-ring (bicyclic) bond motifs is 1. The van der Waals surface area contributed by atoms with Crippen LogP contribution in [-0.2, 0) is 7.05 Å². The van der Waals surface area contributed by atoms with Gasteiger partial charge in [0.2, 0.25) is 0 Å². The van der Waals surface area contributed by atoms with Crippen LogP contribution < -0.4 is 0 Å². The molecule has 0 saturated heterocycles. The summed E-state index contributed by atoms with van der Waals surface area (Å²) in [6, 6.07) is 8.50. The molecule has 0 unspecified atom stereocenters. The molecular formula is C16H15BrN2S. The van der Waals surface area contributed by atoms with E-state index in [1.807, 2.05) is 6.20 Å². The highest BCUT2D eigenvalue weighted by Crippen LogP contribution is 2.37. The Bertz CT molecular complexity index is 793. The number of pyridine rings is 1. The molecule has 102 valence electrons. The molecule has 0 amide bonds. The Balaban J connectivity index is 2.11. The van der Waals surface area contributed by atoms with E-state index in [-0.39, 0.29) is 0 Å². The molecule has 0 bridgehead atoms. The van der Waals surface area contributed by atoms with Crippen LogP contribution in [0.25, 0.3) is 10.9 Å². The molecule has 3 aromatic rings. The minimum Gasteiger partial charge on any atom is -0.349 e. The van der Waals surface area contributed by atoms with E-state index in [1.165, 1.54) is 31.8 Å². The molecule has 2 heterocycles. The highest BCUT2D eigenvalue weighted by Gasteiger charge is 2.11. The first-order valence-electron chi connectivity index (χ1n) is 6.41. The van der Waals surface area contributed by atoms with Gasteiger partial charge in [-0.3, -0.25) is 0 Å². The lowest BCUT2D eigenvalue weighted by atomic mass is 10.1. The lowest BCUT2D eigenvalue weighted by Gasteiger charge is -2.05. The Labute approximate surface area is 131 Å². The maximum atomic E-state index is 4.33. The van der Waals surface area contributed by atoms with Crippen molar-refractivity contribution < 1.29 is 0 Å². The molecule has 4 heteroatoms. The van der Waals surface area contributed by atoms with E-state index < -0.39 is 0 Å². The Morgan fingerprint density at radius 3 is 2.70 bits per heavy atom. The fourth-order valence-corrected chi connectivity index (χ4v) is 3.98. The molecule has 0 radical (unpaired) electrons. The van der Waals surface area contributed by atoms with Gasteiger partial charge in [0.25, 0.3) is 0 Å². The molecule has 3 rings (SSSR count). The summed E-state index contributed by atoms with van der Waals surface area (Å²) in [7, 11) is 2.10. The van der Waals surface area contributed by atoms with Crippen LogP contribution in [0.2, 0.25) is 0 Å². The zero-order valence-corrected chi connectivity index (χ0v) is 14.0. The van der Waals surface area contributed by atoms with E-state index in [1.54, 1.807) is 11.8 Å². The van der Waals surface area contributed by atoms with Gasteiger partial charge in [-0.05, 0) is 53.0 Å². The second-order valence-corrected chi connectivity index (χ2v) is 6.84. The second-order valence-electron chi connectivity index (χ2n) is 4.95. The summed E-state index contributed by atoms with van der Waals surface area (Å²) in [5, 5.41) is 1.34. The van der Waals surface area contributed by atoms with Gasteiger partial charge < -0.3 is 4.57 Å². The zero-order chi connectivity index (χ0) is 14.3. The fourth-order valence-electron chi connectivity index (χ4n) is 2.39. The van der Waals surface area contributed by atoms with Crippen LogP contribution in [0.5, 0.6) is 0 Å². The molecule has 1 aromatic carbocycles. The molecule has 0 aliphatic carbocycles. The molecule has 0 N–H and O–H groups in total. The van der Waals surface area contributed by atoms with E-state index in [9.17, 15) is 0 Å². The molecule has 0 fully saturated rings. The van der Waals surface area contributed by atoms with Gasteiger partial charge in [0.05, 0.1) is 0 Å². The number of aryl methyl sites for hydroxylation is 3. The van der Waals surface area contributed by atoms with Gasteiger partial charge in [-0.2, -0.15) is 0 Å². The Morgan fingerprint density at radius 2 is 1.95 bits per heavy atom. The van der Waals surface area contributed by atoms with Crippen molar-refractivity contribution in [2.45, 2.75) is 23.6 Å². The van der Waals surface area contributed by atoms with Gasteiger partial charge in [0.1, 0.15) is 4.60 Å². The zero-order valence-electron chi connectivity index (χ0n) is 11.6. The number of hydrogen-bond donors (Lipinski definition) is 0. The van der Waals surface area contributed by atoms with E-state index in [0.717, 1.165) is 4.60 Å². The van der Waals surface area contributed by atoms with Gasteiger partial charge in [0.15, 0.2) is 0 Å². The van der Waals surface area contributed by atoms with Crippen LogP contribution in [0.15, 0.2) is 51.1 Å². The summed E-state index contributed by atoms with van der Waals surface area (Å²) in [5.74, 6) is 0. The minimum absolute atomic E-state index is 0.883. The largest absolute Gasteiger partial charge is 0.349 e. The molecule has 0 spiro atoms. The molecule has 2 nitrogen and oxygen atoms in total. The summed E-state index contributed by atoms with van der Waals surface area (Å²) in [6.45, 7) is 4.28. The van der Waals surface area contributed by atoms with Crippen LogP contribution in [-0.4, -0.2) is 9.55 Å². The van der Waals surface area contributed by atoms with Gasteiger partial charge in [0, 0.05) is 40.1 Å². The average molecular weight is 347 g/mol. The second kappa shape index (κ2) is 5.26. The van der Waals surface area contributed by atoms with Crippen molar-refractivity contribution in [2.24, 2.45) is 7.05 Å². The molecule has 0 atom stereocenters. The lowest BCUT2D eigenvalue weighted by molar-refractivity contribution is 0.957. The predicted molar refractivity (Wildman–Crippen MR) is 88.5 cm³/mol. The van der Waals surface area contributed by atoms with Crippen LogP contribution >= 0.6 is 27.7 Å². The molecule has 0 aliphatic heterocycles. The Hall–Kier alpha value is -1.26. The summed E-state index contributed by atoms with van der Waals surface area (Å²) in [5.41, 5.74) is 3.83. The first kappa shape index (κ1) is 13.7. The first-order valence-corrected chi connectivity index (χ1v) is 8.02. The normalized spacial score (nSPS) is 11.2. The monoisotopic (exact) mass is 346 g/mol. The van der Waals surface area contributed by atoms with Gasteiger partial charge in [-0.1, -0.05) is 23.9 Å². The maximum absolute atomic E-state index is 4.33. The highest BCUT2D eigenvalue weighted by atomic mass is 79.9. The number of benzene rings is 1. The van der Waals surface area contributed by atoms with Crippen molar-refractivity contribution >= 4 is 38.6 Å². The molecular weight excluding hydrogens is 332 g/mol. The van der Waals surface area contributed by atoms with Crippen molar-refractivity contribution in [3.8, 4) is 0 Å². The van der Waals surface area contributed by atoms with Gasteiger partial charge in [-0.15, -0.1) is 0 Å². The highest BCUT2D eigenvalue weighted by molar-refractivity contribution is 9.10. The van der Waals surface area contributed by atoms with Crippen LogP contribution in [0.4, 0.5) is 0 Å². The first-order chi connectivity index (χ1) is 9.56. The van der Waals surface area contributed by atoms with Gasteiger partial charge >= 0.3 is 0 Å². The van der Waals surface area contributed by atoms with E-state index in [4.69, 9.17) is 0 Å². The molecule has 20 heavy (non-hydrogen) atoms. The van der Waals surface area contributed by atoms with E-state index in [2.05, 4.69) is 76.8 Å². The van der Waals surface area contributed by atoms with Crippen molar-refractivity contribution in [1.82, 2.24) is 9.55 Å². The fraction of sp³-hybridized carbons (Fsp3) is 0.188. The van der Waals surface area contributed by atoms with Crippen molar-refractivity contribution in [3.63, 3.8) is 0 Å². The summed E-state index contributed by atoms with van der Waals surface area (Å²) < 4.78 is 3.07. The average Bonchev–Trinajstić information content (AvgIpc) is 2.71. The summed E-state index contributed by atoms with van der Waals surface area (Å²) >= 11 is 5.20. The van der Waals surface area contributed by atoms with Crippen molar-refractivity contribution in [3.05, 3.63) is 52.4 Å². The number of rotatable bonds is 2. The molecule has 2 aromatic heterocycles. The Kier molecular flexibility index (Phi) is 3.61. The third kappa shape index (κ3) is 2.38. The molecule has 0 aliphatic rings. The molecule has 0 saturated carbocycles. The number of nitrogens with zero attached hydrogens (tertiary/aromatic N) is 2. The quantitative estimate of drug-likeness (QED) is 0.600. The van der Waals surface area contributed by atoms with Crippen molar-refractivity contribution in [1.29, 1.82) is 0 Å². The standard InChI is InChI=1S/C16H15BrN2S/c1-10-5-4-6-12-16(10)14(9-19(12)3)20-13-8-18-15(17)7-11(13)2/h4-9H,1-3H3. The number of halogens is 1. The Morgan fingerprint density at radius 1 is 1.15 bits per heavy atom. The third-order valence-electron chi connectivity index (χ3n) is 3.44. The summed E-state index contributed by atoms with van der Waals surface area (Å²) in [4.78, 5) is 6.82. The van der Waals surface area contributed by atoms with Crippen LogP contribution in [0.1, 0.15) is 11.1 Å². The van der Waals surface area contributed by atoms with Crippen LogP contribution in [0, 0.1) is 13.8 Å². The van der Waals surface area contributed by atoms with Crippen LogP contribution in [0.3, 0.4) is 0 Å². The number of hydrogen-bond acceptors (Lipinski definition) is 2. The van der Waals surface area contributed by atoms with E-state index in [0.29, 0.717) is 0 Å². The SMILES string of the molecule is Cc1cc(Br)ncc1Sc1cn(C)c2cccc(C)c12. The number of aromatic nitrogens is 2. The van der Waals surface area contributed by atoms with Gasteiger partial charge in [-0.25, -0.2) is 4.98 Å². The third-order valence-corrected chi connectivity index (χ3v) is 5.05. The van der Waals surface area contributed by atoms with E-state index >= 15 is 0 Å². The summed E-state index contributed by atoms with van der Waals surface area (Å²) in [6.07, 6.45) is 4.13. The lowest BCUT2D eigenvalue weighted by Crippen LogP contribution is -1.83. The topological polar surface area (TPSA) is 17.8 Å². The van der Waals surface area contributed by atoms with Crippen molar-refractivity contribution in [2.75, 3.05) is 0 Å².